The summed E-state index contributed by atoms with van der Waals surface area (Å²) in [5, 5.41) is 13.1. The van der Waals surface area contributed by atoms with Crippen molar-refractivity contribution in [3.8, 4) is 0 Å². The Morgan fingerprint density at radius 1 is 1.28 bits per heavy atom. The predicted octanol–water partition coefficient (Wildman–Crippen LogP) is 2.87. The quantitative estimate of drug-likeness (QED) is 0.799. The smallest absolute Gasteiger partial charge is 0.255 e. The van der Waals surface area contributed by atoms with Crippen molar-refractivity contribution in [2.75, 3.05) is 0 Å². The van der Waals surface area contributed by atoms with E-state index in [1.54, 1.807) is 0 Å². The van der Waals surface area contributed by atoms with Crippen LogP contribution < -0.4 is 5.32 Å². The Balaban J connectivity index is 2.56. The Morgan fingerprint density at radius 2 is 1.94 bits per heavy atom. The number of carbonyl (C=O) groups excluding carboxylic acids is 1. The van der Waals surface area contributed by atoms with Gasteiger partial charge in [0, 0.05) is 12.0 Å². The van der Waals surface area contributed by atoms with E-state index >= 15 is 0 Å². The molecule has 0 fully saturated rings. The maximum absolute atomic E-state index is 12.2. The van der Waals surface area contributed by atoms with Crippen LogP contribution in [0.15, 0.2) is 24.0 Å². The number of aliphatic hydroxyl groups is 1. The molecule has 0 atom stereocenters. The number of hydrogen-bond donors (Lipinski definition) is 2. The number of benzene rings is 1. The van der Waals surface area contributed by atoms with Crippen molar-refractivity contribution >= 4 is 11.5 Å². The third kappa shape index (κ3) is 2.26. The number of carbonyl (C=O) groups is 1. The molecule has 0 radical (unpaired) electrons. The van der Waals surface area contributed by atoms with E-state index in [-0.39, 0.29) is 17.2 Å². The van der Waals surface area contributed by atoms with Gasteiger partial charge < -0.3 is 10.4 Å². The van der Waals surface area contributed by atoms with Crippen LogP contribution in [0.3, 0.4) is 0 Å². The minimum absolute atomic E-state index is 0.178. The van der Waals surface area contributed by atoms with Gasteiger partial charge in [-0.15, -0.1) is 0 Å². The molecule has 1 aliphatic heterocycles. The largest absolute Gasteiger partial charge is 0.511 e. The van der Waals surface area contributed by atoms with Crippen molar-refractivity contribution in [3.05, 3.63) is 40.6 Å². The zero-order valence-electron chi connectivity index (χ0n) is 11.3. The van der Waals surface area contributed by atoms with Crippen LogP contribution in [0.5, 0.6) is 0 Å². The van der Waals surface area contributed by atoms with Crippen LogP contribution in [-0.4, -0.2) is 16.6 Å². The Morgan fingerprint density at radius 3 is 2.56 bits per heavy atom. The van der Waals surface area contributed by atoms with Crippen molar-refractivity contribution in [1.82, 2.24) is 5.32 Å². The molecule has 96 valence electrons. The van der Waals surface area contributed by atoms with E-state index in [1.807, 2.05) is 45.9 Å². The maximum atomic E-state index is 12.2. The number of aliphatic hydroxyl groups excluding tert-OH is 1. The van der Waals surface area contributed by atoms with Crippen molar-refractivity contribution in [3.63, 3.8) is 0 Å². The van der Waals surface area contributed by atoms with Gasteiger partial charge in [0.05, 0.1) is 5.57 Å². The molecule has 0 saturated carbocycles. The second-order valence-electron chi connectivity index (χ2n) is 5.65. The number of amides is 1. The Hall–Kier alpha value is -1.77. The number of rotatable bonds is 1. The highest BCUT2D eigenvalue weighted by molar-refractivity contribution is 6.21. The molecule has 0 unspecified atom stereocenters. The molecule has 0 aromatic heterocycles. The third-order valence-electron chi connectivity index (χ3n) is 3.24. The summed E-state index contributed by atoms with van der Waals surface area (Å²) >= 11 is 0. The second-order valence-corrected chi connectivity index (χ2v) is 5.65. The molecule has 1 aromatic rings. The molecule has 2 N–H and O–H groups in total. The average Bonchev–Trinajstić information content (AvgIpc) is 2.20. The van der Waals surface area contributed by atoms with Gasteiger partial charge in [-0.3, -0.25) is 4.79 Å². The fourth-order valence-electron chi connectivity index (χ4n) is 2.34. The highest BCUT2D eigenvalue weighted by Crippen LogP contribution is 2.31. The molecule has 3 heteroatoms. The molecule has 3 nitrogen and oxygen atoms in total. The monoisotopic (exact) mass is 245 g/mol. The molecular weight excluding hydrogens is 226 g/mol. The first-order valence-corrected chi connectivity index (χ1v) is 6.12. The van der Waals surface area contributed by atoms with Crippen LogP contribution in [0.4, 0.5) is 0 Å². The lowest BCUT2D eigenvalue weighted by Gasteiger charge is -2.32. The summed E-state index contributed by atoms with van der Waals surface area (Å²) in [7, 11) is 0. The molecule has 0 spiro atoms. The van der Waals surface area contributed by atoms with Gasteiger partial charge in [-0.25, -0.2) is 0 Å². The normalized spacial score (nSPS) is 18.8. The van der Waals surface area contributed by atoms with Gasteiger partial charge in [-0.05, 0) is 38.8 Å². The van der Waals surface area contributed by atoms with Crippen molar-refractivity contribution in [2.45, 2.75) is 39.7 Å². The van der Waals surface area contributed by atoms with Gasteiger partial charge in [0.2, 0.25) is 0 Å². The highest BCUT2D eigenvalue weighted by Gasteiger charge is 2.33. The van der Waals surface area contributed by atoms with Crippen LogP contribution in [0.25, 0.3) is 5.57 Å². The van der Waals surface area contributed by atoms with Crippen LogP contribution in [-0.2, 0) is 4.79 Å². The molecule has 0 bridgehead atoms. The number of hydrogen-bond acceptors (Lipinski definition) is 2. The molecule has 1 aromatic carbocycles. The minimum Gasteiger partial charge on any atom is -0.511 e. The predicted molar refractivity (Wildman–Crippen MR) is 72.3 cm³/mol. The van der Waals surface area contributed by atoms with E-state index in [0.29, 0.717) is 12.0 Å². The third-order valence-corrected chi connectivity index (χ3v) is 3.24. The van der Waals surface area contributed by atoms with Gasteiger partial charge in [-0.2, -0.15) is 0 Å². The van der Waals surface area contributed by atoms with Gasteiger partial charge in [-0.1, -0.05) is 23.8 Å². The van der Waals surface area contributed by atoms with E-state index in [4.69, 9.17) is 0 Å². The van der Waals surface area contributed by atoms with Crippen LogP contribution in [0, 0.1) is 13.8 Å². The summed E-state index contributed by atoms with van der Waals surface area (Å²) in [5.74, 6) is -0.0186. The van der Waals surface area contributed by atoms with Gasteiger partial charge in [0.25, 0.3) is 5.91 Å². The van der Waals surface area contributed by atoms with Gasteiger partial charge in [0.15, 0.2) is 0 Å². The molecule has 18 heavy (non-hydrogen) atoms. The summed E-state index contributed by atoms with van der Waals surface area (Å²) in [6, 6.07) is 5.91. The molecular formula is C15H19NO2. The fraction of sp³-hybridized carbons (Fsp3) is 0.400. The maximum Gasteiger partial charge on any atom is 0.255 e. The van der Waals surface area contributed by atoms with Crippen LogP contribution in [0.1, 0.15) is 37.0 Å². The van der Waals surface area contributed by atoms with E-state index in [0.717, 1.165) is 16.7 Å². The van der Waals surface area contributed by atoms with Crippen molar-refractivity contribution in [1.29, 1.82) is 0 Å². The fourth-order valence-corrected chi connectivity index (χ4v) is 2.34. The summed E-state index contributed by atoms with van der Waals surface area (Å²) in [5.41, 5.74) is 2.92. The first-order chi connectivity index (χ1) is 8.30. The van der Waals surface area contributed by atoms with Crippen molar-refractivity contribution < 1.29 is 9.90 Å². The first kappa shape index (κ1) is 12.7. The summed E-state index contributed by atoms with van der Waals surface area (Å²) in [6.45, 7) is 7.73. The summed E-state index contributed by atoms with van der Waals surface area (Å²) in [6.07, 6.45) is 0.460. The van der Waals surface area contributed by atoms with Crippen LogP contribution >= 0.6 is 0 Å². The van der Waals surface area contributed by atoms with Gasteiger partial charge >= 0.3 is 0 Å². The molecule has 1 heterocycles. The molecule has 1 aliphatic rings. The van der Waals surface area contributed by atoms with Crippen LogP contribution in [0.2, 0.25) is 0 Å². The Labute approximate surface area is 108 Å². The second kappa shape index (κ2) is 4.16. The molecule has 0 saturated heterocycles. The lowest BCUT2D eigenvalue weighted by atomic mass is 9.87. The molecule has 2 rings (SSSR count). The number of nitrogens with one attached hydrogen (secondary N) is 1. The zero-order valence-corrected chi connectivity index (χ0v) is 11.3. The van der Waals surface area contributed by atoms with E-state index in [2.05, 4.69) is 5.32 Å². The standard InChI is InChI=1S/C15H19NO2/c1-9-5-6-10(2)11(7-9)13-12(17)8-15(3,4)16-14(13)18/h5-7,17H,8H2,1-4H3,(H,16,18). The number of aryl methyl sites for hydroxylation is 2. The van der Waals surface area contributed by atoms with Gasteiger partial charge in [0.1, 0.15) is 5.76 Å². The summed E-state index contributed by atoms with van der Waals surface area (Å²) < 4.78 is 0. The van der Waals surface area contributed by atoms with E-state index in [9.17, 15) is 9.90 Å². The topological polar surface area (TPSA) is 49.3 Å². The SMILES string of the molecule is Cc1ccc(C)c(C2=C(O)CC(C)(C)NC2=O)c1. The lowest BCUT2D eigenvalue weighted by molar-refractivity contribution is -0.117. The Kier molecular flexibility index (Phi) is 2.93. The van der Waals surface area contributed by atoms with E-state index in [1.165, 1.54) is 0 Å². The Bertz CT molecular complexity index is 541. The minimum atomic E-state index is -0.387. The zero-order chi connectivity index (χ0) is 13.5. The first-order valence-electron chi connectivity index (χ1n) is 6.12. The molecule has 0 aliphatic carbocycles. The highest BCUT2D eigenvalue weighted by atomic mass is 16.3. The lowest BCUT2D eigenvalue weighted by Crippen LogP contribution is -2.47. The van der Waals surface area contributed by atoms with E-state index < -0.39 is 0 Å². The summed E-state index contributed by atoms with van der Waals surface area (Å²) in [4.78, 5) is 12.2. The molecule has 1 amide bonds. The average molecular weight is 245 g/mol. The van der Waals surface area contributed by atoms with Crippen molar-refractivity contribution in [2.24, 2.45) is 0 Å².